The van der Waals surface area contributed by atoms with Gasteiger partial charge in [-0.3, -0.25) is 4.90 Å². The van der Waals surface area contributed by atoms with Gasteiger partial charge in [0.15, 0.2) is 5.82 Å². The van der Waals surface area contributed by atoms with Gasteiger partial charge in [0.2, 0.25) is 0 Å². The first kappa shape index (κ1) is 20.6. The zero-order valence-electron chi connectivity index (χ0n) is 18.1. The molecule has 2 heterocycles. The van der Waals surface area contributed by atoms with Crippen LogP contribution in [0.25, 0.3) is 0 Å². The van der Waals surface area contributed by atoms with Gasteiger partial charge in [-0.05, 0) is 48.7 Å². The molecular formula is C21H34N6O. The molecule has 0 saturated carbocycles. The van der Waals surface area contributed by atoms with Gasteiger partial charge in [-0.15, -0.1) is 5.10 Å². The minimum atomic E-state index is -0.0889. The van der Waals surface area contributed by atoms with Crippen molar-refractivity contribution in [2.24, 2.45) is 5.92 Å². The normalized spacial score (nSPS) is 17.2. The first-order valence-corrected chi connectivity index (χ1v) is 10.3. The van der Waals surface area contributed by atoms with Crippen LogP contribution in [0.4, 0.5) is 5.69 Å². The Labute approximate surface area is 168 Å². The van der Waals surface area contributed by atoms with Crippen molar-refractivity contribution in [1.29, 1.82) is 0 Å². The van der Waals surface area contributed by atoms with Gasteiger partial charge >= 0.3 is 0 Å². The lowest BCUT2D eigenvalue weighted by atomic mass is 9.97. The molecule has 7 nitrogen and oxygen atoms in total. The van der Waals surface area contributed by atoms with Crippen LogP contribution in [0.1, 0.15) is 52.9 Å². The van der Waals surface area contributed by atoms with Crippen molar-refractivity contribution in [2.45, 2.75) is 52.6 Å². The fraction of sp³-hybridized carbons (Fsp3) is 0.667. The van der Waals surface area contributed by atoms with Crippen LogP contribution < -0.4 is 9.64 Å². The van der Waals surface area contributed by atoms with Crippen molar-refractivity contribution < 1.29 is 4.74 Å². The molecule has 1 fully saturated rings. The van der Waals surface area contributed by atoms with E-state index in [9.17, 15) is 0 Å². The summed E-state index contributed by atoms with van der Waals surface area (Å²) < 4.78 is 7.41. The molecule has 0 N–H and O–H groups in total. The lowest BCUT2D eigenvalue weighted by molar-refractivity contribution is 0.126. The van der Waals surface area contributed by atoms with E-state index in [1.165, 1.54) is 5.69 Å². The number of anilines is 1. The molecule has 1 aliphatic heterocycles. The molecule has 28 heavy (non-hydrogen) atoms. The van der Waals surface area contributed by atoms with Gasteiger partial charge in [0.1, 0.15) is 5.75 Å². The SMILES string of the molecule is CCC(C)(C)n1nnnc1[C@@H](C(C)C)N1CCN(c2cccc(OC)c2)CC1. The zero-order valence-corrected chi connectivity index (χ0v) is 18.1. The molecule has 0 bridgehead atoms. The summed E-state index contributed by atoms with van der Waals surface area (Å²) in [5.74, 6) is 2.32. The second-order valence-corrected chi connectivity index (χ2v) is 8.53. The highest BCUT2D eigenvalue weighted by Crippen LogP contribution is 2.32. The van der Waals surface area contributed by atoms with Gasteiger partial charge in [0.25, 0.3) is 0 Å². The Hall–Kier alpha value is -2.15. The highest BCUT2D eigenvalue weighted by molar-refractivity contribution is 5.51. The van der Waals surface area contributed by atoms with Crippen LogP contribution >= 0.6 is 0 Å². The third-order valence-electron chi connectivity index (χ3n) is 5.95. The van der Waals surface area contributed by atoms with Crippen LogP contribution in [-0.2, 0) is 5.54 Å². The Bertz CT molecular complexity index is 764. The van der Waals surface area contributed by atoms with Crippen molar-refractivity contribution >= 4 is 5.69 Å². The maximum absolute atomic E-state index is 5.38. The summed E-state index contributed by atoms with van der Waals surface area (Å²) in [5.41, 5.74) is 1.13. The predicted octanol–water partition coefficient (Wildman–Crippen LogP) is 3.35. The molecule has 1 aromatic carbocycles. The van der Waals surface area contributed by atoms with Crippen LogP contribution in [0.2, 0.25) is 0 Å². The molecular weight excluding hydrogens is 352 g/mol. The second kappa shape index (κ2) is 8.47. The van der Waals surface area contributed by atoms with E-state index in [4.69, 9.17) is 4.74 Å². The summed E-state index contributed by atoms with van der Waals surface area (Å²) in [6, 6.07) is 8.53. The summed E-state index contributed by atoms with van der Waals surface area (Å²) in [6.07, 6.45) is 0.986. The zero-order chi connectivity index (χ0) is 20.3. The van der Waals surface area contributed by atoms with Crippen molar-refractivity contribution in [3.63, 3.8) is 0 Å². The smallest absolute Gasteiger partial charge is 0.169 e. The lowest BCUT2D eigenvalue weighted by Gasteiger charge is -2.41. The quantitative estimate of drug-likeness (QED) is 0.727. The summed E-state index contributed by atoms with van der Waals surface area (Å²) in [4.78, 5) is 4.96. The third kappa shape index (κ3) is 4.14. The average Bonchev–Trinajstić information content (AvgIpc) is 3.18. The summed E-state index contributed by atoms with van der Waals surface area (Å²) in [5, 5.41) is 12.8. The molecule has 1 aliphatic rings. The summed E-state index contributed by atoms with van der Waals surface area (Å²) >= 11 is 0. The molecule has 2 aromatic rings. The maximum atomic E-state index is 5.38. The second-order valence-electron chi connectivity index (χ2n) is 8.53. The van der Waals surface area contributed by atoms with Gasteiger partial charge in [0.05, 0.1) is 18.7 Å². The fourth-order valence-corrected chi connectivity index (χ4v) is 3.91. The molecule has 1 atom stereocenters. The van der Waals surface area contributed by atoms with E-state index in [0.717, 1.165) is 44.2 Å². The summed E-state index contributed by atoms with van der Waals surface area (Å²) in [6.45, 7) is 15.0. The molecule has 3 rings (SSSR count). The fourth-order valence-electron chi connectivity index (χ4n) is 3.91. The molecule has 0 aliphatic carbocycles. The third-order valence-corrected chi connectivity index (χ3v) is 5.95. The van der Waals surface area contributed by atoms with Crippen LogP contribution in [-0.4, -0.2) is 58.4 Å². The van der Waals surface area contributed by atoms with E-state index in [1.54, 1.807) is 7.11 Å². The number of piperazine rings is 1. The highest BCUT2D eigenvalue weighted by atomic mass is 16.5. The van der Waals surface area contributed by atoms with Crippen molar-refractivity contribution in [3.05, 3.63) is 30.1 Å². The number of benzene rings is 1. The first-order chi connectivity index (χ1) is 13.4. The van der Waals surface area contributed by atoms with Gasteiger partial charge in [-0.25, -0.2) is 4.68 Å². The van der Waals surface area contributed by atoms with Crippen LogP contribution in [0.3, 0.4) is 0 Å². The van der Waals surface area contributed by atoms with E-state index in [2.05, 4.69) is 78.1 Å². The Morgan fingerprint density at radius 3 is 2.46 bits per heavy atom. The van der Waals surface area contributed by atoms with E-state index in [0.29, 0.717) is 5.92 Å². The Kier molecular flexibility index (Phi) is 6.23. The average molecular weight is 387 g/mol. The maximum Gasteiger partial charge on any atom is 0.169 e. The van der Waals surface area contributed by atoms with Gasteiger partial charge in [0, 0.05) is 37.9 Å². The van der Waals surface area contributed by atoms with Crippen LogP contribution in [0, 0.1) is 5.92 Å². The molecule has 0 unspecified atom stereocenters. The molecule has 0 radical (unpaired) electrons. The minimum absolute atomic E-state index is 0.0889. The number of hydrogen-bond donors (Lipinski definition) is 0. The number of rotatable bonds is 7. The minimum Gasteiger partial charge on any atom is -0.497 e. The van der Waals surface area contributed by atoms with E-state index < -0.39 is 0 Å². The molecule has 1 saturated heterocycles. The number of ether oxygens (including phenoxy) is 1. The van der Waals surface area contributed by atoms with Crippen LogP contribution in [0.5, 0.6) is 5.75 Å². The topological polar surface area (TPSA) is 59.3 Å². The number of nitrogens with zero attached hydrogens (tertiary/aromatic N) is 6. The number of hydrogen-bond acceptors (Lipinski definition) is 6. The van der Waals surface area contributed by atoms with Gasteiger partial charge < -0.3 is 9.64 Å². The first-order valence-electron chi connectivity index (χ1n) is 10.3. The van der Waals surface area contributed by atoms with Gasteiger partial charge in [-0.1, -0.05) is 26.8 Å². The molecule has 0 spiro atoms. The number of methoxy groups -OCH3 is 1. The Morgan fingerprint density at radius 1 is 1.14 bits per heavy atom. The number of aromatic nitrogens is 4. The molecule has 154 valence electrons. The standard InChI is InChI=1S/C21H34N6O/c1-7-21(4,5)27-20(22-23-24-27)19(16(2)3)26-13-11-25(12-14-26)17-9-8-10-18(15-17)28-6/h8-10,15-16,19H,7,11-14H2,1-6H3/t19-/m1/s1. The van der Waals surface area contributed by atoms with E-state index >= 15 is 0 Å². The molecule has 0 amide bonds. The largest absolute Gasteiger partial charge is 0.497 e. The predicted molar refractivity (Wildman–Crippen MR) is 112 cm³/mol. The Morgan fingerprint density at radius 2 is 1.86 bits per heavy atom. The molecule has 7 heteroatoms. The summed E-state index contributed by atoms with van der Waals surface area (Å²) in [7, 11) is 1.71. The van der Waals surface area contributed by atoms with Crippen molar-refractivity contribution in [1.82, 2.24) is 25.1 Å². The highest BCUT2D eigenvalue weighted by Gasteiger charge is 2.34. The lowest BCUT2D eigenvalue weighted by Crippen LogP contribution is -2.49. The molecule has 1 aromatic heterocycles. The van der Waals surface area contributed by atoms with Gasteiger partial charge in [-0.2, -0.15) is 0 Å². The van der Waals surface area contributed by atoms with E-state index in [1.807, 2.05) is 10.7 Å². The number of tetrazole rings is 1. The monoisotopic (exact) mass is 386 g/mol. The van der Waals surface area contributed by atoms with E-state index in [-0.39, 0.29) is 11.6 Å². The van der Waals surface area contributed by atoms with Crippen molar-refractivity contribution in [2.75, 3.05) is 38.2 Å². The van der Waals surface area contributed by atoms with Crippen molar-refractivity contribution in [3.8, 4) is 5.75 Å². The van der Waals surface area contributed by atoms with Crippen LogP contribution in [0.15, 0.2) is 24.3 Å². The Balaban J connectivity index is 1.77.